The fourth-order valence-electron chi connectivity index (χ4n) is 1.55. The van der Waals surface area contributed by atoms with Crippen molar-refractivity contribution in [2.75, 3.05) is 37.9 Å². The van der Waals surface area contributed by atoms with Crippen LogP contribution in [0.25, 0.3) is 0 Å². The molecule has 0 aliphatic carbocycles. The molecule has 0 fully saturated rings. The molecule has 1 aromatic carbocycles. The number of unbranched alkanes of at least 4 members (excludes halogenated alkanes) is 1. The van der Waals surface area contributed by atoms with Crippen LogP contribution in [0.5, 0.6) is 0 Å². The zero-order chi connectivity index (χ0) is 13.5. The van der Waals surface area contributed by atoms with Crippen LogP contribution in [-0.4, -0.2) is 38.4 Å². The van der Waals surface area contributed by atoms with E-state index in [0.29, 0.717) is 30.7 Å². The first kappa shape index (κ1) is 14.3. The third kappa shape index (κ3) is 3.92. The standard InChI is InChI=1S/C13H20N2O3/c1-15(2)12-6-5-10(9-11(12)14)13(17)18-8-4-3-7-16/h5-6,9,16H,3-4,7-8,14H2,1-2H3. The van der Waals surface area contributed by atoms with Gasteiger partial charge in [-0.2, -0.15) is 0 Å². The first-order valence-corrected chi connectivity index (χ1v) is 5.91. The van der Waals surface area contributed by atoms with Crippen molar-refractivity contribution in [3.05, 3.63) is 23.8 Å². The predicted octanol–water partition coefficient (Wildman–Crippen LogP) is 1.26. The number of nitrogens with two attached hydrogens (primary N) is 1. The summed E-state index contributed by atoms with van der Waals surface area (Å²) in [6.07, 6.45) is 1.29. The van der Waals surface area contributed by atoms with Crippen molar-refractivity contribution in [2.45, 2.75) is 12.8 Å². The first-order valence-electron chi connectivity index (χ1n) is 5.91. The summed E-state index contributed by atoms with van der Waals surface area (Å²) < 4.78 is 5.07. The van der Waals surface area contributed by atoms with Crippen molar-refractivity contribution < 1.29 is 14.6 Å². The molecule has 0 atom stereocenters. The number of carbonyl (C=O) groups is 1. The van der Waals surface area contributed by atoms with Crippen molar-refractivity contribution in [1.82, 2.24) is 0 Å². The molecule has 1 aromatic rings. The molecule has 100 valence electrons. The van der Waals surface area contributed by atoms with Crippen LogP contribution in [0.15, 0.2) is 18.2 Å². The molecule has 5 nitrogen and oxygen atoms in total. The van der Waals surface area contributed by atoms with Crippen LogP contribution in [0.3, 0.4) is 0 Å². The Morgan fingerprint density at radius 2 is 2.11 bits per heavy atom. The fraction of sp³-hybridized carbons (Fsp3) is 0.462. The maximum atomic E-state index is 11.7. The number of ether oxygens (including phenoxy) is 1. The molecule has 1 rings (SSSR count). The van der Waals surface area contributed by atoms with Crippen molar-refractivity contribution in [3.8, 4) is 0 Å². The number of aliphatic hydroxyl groups excluding tert-OH is 1. The Labute approximate surface area is 107 Å². The highest BCUT2D eigenvalue weighted by molar-refractivity contribution is 5.92. The summed E-state index contributed by atoms with van der Waals surface area (Å²) in [7, 11) is 3.77. The largest absolute Gasteiger partial charge is 0.462 e. The highest BCUT2D eigenvalue weighted by Gasteiger charge is 2.10. The van der Waals surface area contributed by atoms with Crippen LogP contribution in [0.1, 0.15) is 23.2 Å². The van der Waals surface area contributed by atoms with Gasteiger partial charge < -0.3 is 20.5 Å². The van der Waals surface area contributed by atoms with Crippen LogP contribution in [0, 0.1) is 0 Å². The zero-order valence-corrected chi connectivity index (χ0v) is 10.8. The Morgan fingerprint density at radius 1 is 1.39 bits per heavy atom. The molecule has 0 saturated carbocycles. The van der Waals surface area contributed by atoms with E-state index >= 15 is 0 Å². The molecule has 0 heterocycles. The monoisotopic (exact) mass is 252 g/mol. The lowest BCUT2D eigenvalue weighted by molar-refractivity contribution is 0.0492. The topological polar surface area (TPSA) is 75.8 Å². The normalized spacial score (nSPS) is 10.2. The van der Waals surface area contributed by atoms with Gasteiger partial charge in [-0.25, -0.2) is 4.79 Å². The van der Waals surface area contributed by atoms with Gasteiger partial charge in [0.15, 0.2) is 0 Å². The zero-order valence-electron chi connectivity index (χ0n) is 10.8. The summed E-state index contributed by atoms with van der Waals surface area (Å²) in [6, 6.07) is 5.10. The molecule has 0 radical (unpaired) electrons. The number of esters is 1. The van der Waals surface area contributed by atoms with Gasteiger partial charge in [0.1, 0.15) is 0 Å². The molecule has 0 spiro atoms. The number of nitrogens with zero attached hydrogens (tertiary/aromatic N) is 1. The minimum absolute atomic E-state index is 0.113. The van der Waals surface area contributed by atoms with E-state index in [1.54, 1.807) is 18.2 Å². The Balaban J connectivity index is 2.61. The molecule has 0 bridgehead atoms. The summed E-state index contributed by atoms with van der Waals surface area (Å²) in [6.45, 7) is 0.427. The highest BCUT2D eigenvalue weighted by atomic mass is 16.5. The minimum Gasteiger partial charge on any atom is -0.462 e. The average Bonchev–Trinajstić information content (AvgIpc) is 2.33. The lowest BCUT2D eigenvalue weighted by atomic mass is 10.1. The predicted molar refractivity (Wildman–Crippen MR) is 71.8 cm³/mol. The van der Waals surface area contributed by atoms with E-state index in [-0.39, 0.29) is 12.6 Å². The highest BCUT2D eigenvalue weighted by Crippen LogP contribution is 2.22. The first-order chi connectivity index (χ1) is 8.56. The van der Waals surface area contributed by atoms with Gasteiger partial charge in [0.2, 0.25) is 0 Å². The Morgan fingerprint density at radius 3 is 2.67 bits per heavy atom. The van der Waals surface area contributed by atoms with Gasteiger partial charge in [-0.05, 0) is 31.0 Å². The summed E-state index contributed by atoms with van der Waals surface area (Å²) in [4.78, 5) is 13.6. The van der Waals surface area contributed by atoms with Crippen molar-refractivity contribution >= 4 is 17.3 Å². The number of carbonyl (C=O) groups excluding carboxylic acids is 1. The Kier molecular flexibility index (Phi) is 5.45. The minimum atomic E-state index is -0.384. The summed E-state index contributed by atoms with van der Waals surface area (Å²) in [5.74, 6) is -0.384. The Hall–Kier alpha value is -1.75. The second-order valence-corrected chi connectivity index (χ2v) is 4.23. The number of rotatable bonds is 6. The van der Waals surface area contributed by atoms with E-state index in [1.165, 1.54) is 0 Å². The molecule has 3 N–H and O–H groups in total. The average molecular weight is 252 g/mol. The van der Waals surface area contributed by atoms with Crippen LogP contribution in [0.4, 0.5) is 11.4 Å². The second-order valence-electron chi connectivity index (χ2n) is 4.23. The van der Waals surface area contributed by atoms with Gasteiger partial charge in [0.25, 0.3) is 0 Å². The molecule has 5 heteroatoms. The number of benzene rings is 1. The van der Waals surface area contributed by atoms with E-state index < -0.39 is 0 Å². The molecular weight excluding hydrogens is 232 g/mol. The van der Waals surface area contributed by atoms with Crippen molar-refractivity contribution in [2.24, 2.45) is 0 Å². The van der Waals surface area contributed by atoms with Gasteiger partial charge in [-0.3, -0.25) is 0 Å². The fourth-order valence-corrected chi connectivity index (χ4v) is 1.55. The van der Waals surface area contributed by atoms with E-state index in [1.807, 2.05) is 19.0 Å². The van der Waals surface area contributed by atoms with Crippen molar-refractivity contribution in [3.63, 3.8) is 0 Å². The van der Waals surface area contributed by atoms with E-state index in [2.05, 4.69) is 0 Å². The SMILES string of the molecule is CN(C)c1ccc(C(=O)OCCCCO)cc1N. The van der Waals surface area contributed by atoms with Crippen molar-refractivity contribution in [1.29, 1.82) is 0 Å². The lowest BCUT2D eigenvalue weighted by Gasteiger charge is -2.15. The maximum absolute atomic E-state index is 11.7. The third-order valence-corrected chi connectivity index (χ3v) is 2.53. The second kappa shape index (κ2) is 6.86. The number of hydrogen-bond donors (Lipinski definition) is 2. The molecule has 18 heavy (non-hydrogen) atoms. The van der Waals surface area contributed by atoms with Crippen LogP contribution >= 0.6 is 0 Å². The third-order valence-electron chi connectivity index (χ3n) is 2.53. The van der Waals surface area contributed by atoms with E-state index in [4.69, 9.17) is 15.6 Å². The molecule has 0 saturated heterocycles. The molecular formula is C13H20N2O3. The molecule has 0 aliphatic rings. The van der Waals surface area contributed by atoms with Crippen LogP contribution < -0.4 is 10.6 Å². The molecule has 0 unspecified atom stereocenters. The van der Waals surface area contributed by atoms with Gasteiger partial charge in [-0.15, -0.1) is 0 Å². The quantitative estimate of drug-likeness (QED) is 0.453. The van der Waals surface area contributed by atoms with Gasteiger partial charge in [0, 0.05) is 20.7 Å². The summed E-state index contributed by atoms with van der Waals surface area (Å²) in [5, 5.41) is 8.61. The molecule has 0 aliphatic heterocycles. The lowest BCUT2D eigenvalue weighted by Crippen LogP contribution is -2.13. The smallest absolute Gasteiger partial charge is 0.338 e. The van der Waals surface area contributed by atoms with Gasteiger partial charge >= 0.3 is 5.97 Å². The number of hydrogen-bond acceptors (Lipinski definition) is 5. The summed E-state index contributed by atoms with van der Waals surface area (Å²) in [5.41, 5.74) is 7.71. The van der Waals surface area contributed by atoms with Crippen LogP contribution in [-0.2, 0) is 4.74 Å². The number of nitrogen functional groups attached to an aromatic ring is 1. The van der Waals surface area contributed by atoms with E-state index in [0.717, 1.165) is 5.69 Å². The van der Waals surface area contributed by atoms with Crippen LogP contribution in [0.2, 0.25) is 0 Å². The number of aliphatic hydroxyl groups is 1. The van der Waals surface area contributed by atoms with Gasteiger partial charge in [0.05, 0.1) is 23.5 Å². The van der Waals surface area contributed by atoms with E-state index in [9.17, 15) is 4.79 Å². The molecule has 0 amide bonds. The molecule has 0 aromatic heterocycles. The van der Waals surface area contributed by atoms with Gasteiger partial charge in [-0.1, -0.05) is 0 Å². The Bertz CT molecular complexity index is 405. The maximum Gasteiger partial charge on any atom is 0.338 e. The number of anilines is 2. The summed E-state index contributed by atoms with van der Waals surface area (Å²) >= 11 is 0.